The Morgan fingerprint density at radius 3 is 2.81 bits per heavy atom. The molecule has 0 aromatic rings. The van der Waals surface area contributed by atoms with Crippen LogP contribution in [0.2, 0.25) is 0 Å². The molecule has 1 fully saturated rings. The number of esters is 1. The summed E-state index contributed by atoms with van der Waals surface area (Å²) in [5, 5.41) is 0. The minimum Gasteiger partial charge on any atom is -0.464 e. The van der Waals surface area contributed by atoms with E-state index in [1.165, 1.54) is 4.90 Å². The zero-order valence-electron chi connectivity index (χ0n) is 9.28. The van der Waals surface area contributed by atoms with Crippen molar-refractivity contribution in [2.45, 2.75) is 25.8 Å². The first-order valence-electron chi connectivity index (χ1n) is 5.36. The van der Waals surface area contributed by atoms with Crippen molar-refractivity contribution < 1.29 is 19.1 Å². The Balaban J connectivity index is 2.51. The molecule has 1 heterocycles. The highest BCUT2D eigenvalue weighted by Gasteiger charge is 2.35. The maximum atomic E-state index is 11.6. The van der Waals surface area contributed by atoms with Gasteiger partial charge in [0, 0.05) is 6.54 Å². The Labute approximate surface area is 99.6 Å². The lowest BCUT2D eigenvalue weighted by Gasteiger charge is -2.22. The van der Waals surface area contributed by atoms with E-state index in [9.17, 15) is 9.59 Å². The van der Waals surface area contributed by atoms with Gasteiger partial charge in [0.05, 0.1) is 12.5 Å². The van der Waals surface area contributed by atoms with Crippen LogP contribution in [0.15, 0.2) is 0 Å². The molecule has 1 rings (SSSR count). The number of ether oxygens (including phenoxy) is 2. The predicted octanol–water partition coefficient (Wildman–Crippen LogP) is 1.39. The van der Waals surface area contributed by atoms with E-state index in [-0.39, 0.29) is 18.5 Å². The van der Waals surface area contributed by atoms with Gasteiger partial charge in [0.1, 0.15) is 12.6 Å². The van der Waals surface area contributed by atoms with Crippen LogP contribution in [-0.2, 0) is 14.3 Å². The molecule has 0 aromatic carbocycles. The van der Waals surface area contributed by atoms with E-state index < -0.39 is 12.1 Å². The highest BCUT2D eigenvalue weighted by atomic mass is 35.5. The summed E-state index contributed by atoms with van der Waals surface area (Å²) in [6, 6.07) is -0.497. The van der Waals surface area contributed by atoms with Crippen molar-refractivity contribution in [1.29, 1.82) is 0 Å². The van der Waals surface area contributed by atoms with Gasteiger partial charge in [0.15, 0.2) is 0 Å². The molecule has 0 aromatic heterocycles. The van der Waals surface area contributed by atoms with Crippen molar-refractivity contribution in [3.8, 4) is 0 Å². The van der Waals surface area contributed by atoms with Crippen molar-refractivity contribution in [3.05, 3.63) is 0 Å². The Hall–Kier alpha value is -0.970. The second-order valence-electron chi connectivity index (χ2n) is 3.41. The number of rotatable bonds is 4. The van der Waals surface area contributed by atoms with Crippen LogP contribution in [0.1, 0.15) is 19.8 Å². The molecule has 1 saturated heterocycles. The van der Waals surface area contributed by atoms with E-state index in [2.05, 4.69) is 0 Å². The molecule has 5 nitrogen and oxygen atoms in total. The lowest BCUT2D eigenvalue weighted by atomic mass is 10.2. The standard InChI is InChI=1S/C10H16ClNO4/c1-2-15-9(13)8-4-3-6-12(8)10(14)16-7-5-11/h8H,2-7H2,1H3. The van der Waals surface area contributed by atoms with Gasteiger partial charge in [-0.1, -0.05) is 0 Å². The zero-order chi connectivity index (χ0) is 12.0. The van der Waals surface area contributed by atoms with Crippen molar-refractivity contribution in [2.75, 3.05) is 25.6 Å². The molecular weight excluding hydrogens is 234 g/mol. The summed E-state index contributed by atoms with van der Waals surface area (Å²) in [6.45, 7) is 2.75. The van der Waals surface area contributed by atoms with Crippen LogP contribution in [0.4, 0.5) is 4.79 Å². The maximum Gasteiger partial charge on any atom is 0.410 e. The number of likely N-dealkylation sites (tertiary alicyclic amines) is 1. The molecule has 0 saturated carbocycles. The quantitative estimate of drug-likeness (QED) is 0.558. The molecule has 1 amide bonds. The first-order chi connectivity index (χ1) is 7.70. The molecule has 1 aliphatic rings. The summed E-state index contributed by atoms with van der Waals surface area (Å²) >= 11 is 5.41. The Morgan fingerprint density at radius 2 is 2.19 bits per heavy atom. The fraction of sp³-hybridized carbons (Fsp3) is 0.800. The zero-order valence-corrected chi connectivity index (χ0v) is 10.0. The SMILES string of the molecule is CCOC(=O)C1CCCN1C(=O)OCCCl. The van der Waals surface area contributed by atoms with Crippen molar-refractivity contribution in [3.63, 3.8) is 0 Å². The van der Waals surface area contributed by atoms with Crippen LogP contribution < -0.4 is 0 Å². The summed E-state index contributed by atoms with van der Waals surface area (Å²) in [7, 11) is 0. The lowest BCUT2D eigenvalue weighted by Crippen LogP contribution is -2.41. The number of hydrogen-bond acceptors (Lipinski definition) is 4. The third kappa shape index (κ3) is 3.27. The minimum absolute atomic E-state index is 0.159. The van der Waals surface area contributed by atoms with Gasteiger partial charge in [-0.2, -0.15) is 0 Å². The lowest BCUT2D eigenvalue weighted by molar-refractivity contribution is -0.147. The summed E-state index contributed by atoms with van der Waals surface area (Å²) < 4.78 is 9.78. The highest BCUT2D eigenvalue weighted by Crippen LogP contribution is 2.19. The van der Waals surface area contributed by atoms with Gasteiger partial charge < -0.3 is 9.47 Å². The number of hydrogen-bond donors (Lipinski definition) is 0. The van der Waals surface area contributed by atoms with Gasteiger partial charge in [0.25, 0.3) is 0 Å². The van der Waals surface area contributed by atoms with Crippen molar-refractivity contribution in [1.82, 2.24) is 4.90 Å². The fourth-order valence-electron chi connectivity index (χ4n) is 1.68. The minimum atomic E-state index is -0.497. The highest BCUT2D eigenvalue weighted by molar-refractivity contribution is 6.18. The Kier molecular flexibility index (Phi) is 5.38. The summed E-state index contributed by atoms with van der Waals surface area (Å²) in [6.07, 6.45) is 0.935. The molecule has 92 valence electrons. The first-order valence-corrected chi connectivity index (χ1v) is 5.90. The van der Waals surface area contributed by atoms with Gasteiger partial charge >= 0.3 is 12.1 Å². The van der Waals surface area contributed by atoms with E-state index in [0.717, 1.165) is 6.42 Å². The van der Waals surface area contributed by atoms with Crippen LogP contribution >= 0.6 is 11.6 Å². The summed E-state index contributed by atoms with van der Waals surface area (Å²) in [5.41, 5.74) is 0. The molecule has 1 unspecified atom stereocenters. The van der Waals surface area contributed by atoms with Crippen LogP contribution in [0.25, 0.3) is 0 Å². The van der Waals surface area contributed by atoms with Crippen LogP contribution in [0, 0.1) is 0 Å². The molecule has 1 atom stereocenters. The number of alkyl halides is 1. The largest absolute Gasteiger partial charge is 0.464 e. The number of nitrogens with zero attached hydrogens (tertiary/aromatic N) is 1. The third-order valence-corrected chi connectivity index (χ3v) is 2.50. The normalized spacial score (nSPS) is 19.6. The van der Waals surface area contributed by atoms with Crippen molar-refractivity contribution in [2.24, 2.45) is 0 Å². The van der Waals surface area contributed by atoms with Crippen molar-refractivity contribution >= 4 is 23.7 Å². The van der Waals surface area contributed by atoms with E-state index in [1.807, 2.05) is 0 Å². The van der Waals surface area contributed by atoms with E-state index in [0.29, 0.717) is 19.6 Å². The fourth-order valence-corrected chi connectivity index (χ4v) is 1.75. The number of carbonyl (C=O) groups is 2. The van der Waals surface area contributed by atoms with Crippen LogP contribution in [-0.4, -0.2) is 48.6 Å². The van der Waals surface area contributed by atoms with Gasteiger partial charge in [-0.15, -0.1) is 11.6 Å². The molecule has 0 N–H and O–H groups in total. The van der Waals surface area contributed by atoms with Gasteiger partial charge in [-0.25, -0.2) is 9.59 Å². The molecule has 0 bridgehead atoms. The number of carbonyl (C=O) groups excluding carboxylic acids is 2. The number of amides is 1. The maximum absolute atomic E-state index is 11.6. The monoisotopic (exact) mass is 249 g/mol. The smallest absolute Gasteiger partial charge is 0.410 e. The van der Waals surface area contributed by atoms with Crippen LogP contribution in [0.3, 0.4) is 0 Å². The first kappa shape index (κ1) is 13.1. The predicted molar refractivity (Wildman–Crippen MR) is 58.4 cm³/mol. The Bertz CT molecular complexity index is 259. The van der Waals surface area contributed by atoms with Gasteiger partial charge in [-0.05, 0) is 19.8 Å². The molecule has 0 spiro atoms. The average molecular weight is 250 g/mol. The number of halogens is 1. The van der Waals surface area contributed by atoms with E-state index in [4.69, 9.17) is 21.1 Å². The van der Waals surface area contributed by atoms with Crippen LogP contribution in [0.5, 0.6) is 0 Å². The molecule has 0 radical (unpaired) electrons. The molecule has 1 aliphatic heterocycles. The second kappa shape index (κ2) is 6.58. The van der Waals surface area contributed by atoms with E-state index in [1.54, 1.807) is 6.92 Å². The van der Waals surface area contributed by atoms with Gasteiger partial charge in [-0.3, -0.25) is 4.90 Å². The molecule has 16 heavy (non-hydrogen) atoms. The summed E-state index contributed by atoms with van der Waals surface area (Å²) in [5.74, 6) is -0.105. The Morgan fingerprint density at radius 1 is 1.44 bits per heavy atom. The summed E-state index contributed by atoms with van der Waals surface area (Å²) in [4.78, 5) is 24.5. The van der Waals surface area contributed by atoms with Gasteiger partial charge in [0.2, 0.25) is 0 Å². The average Bonchev–Trinajstić information content (AvgIpc) is 2.75. The van der Waals surface area contributed by atoms with E-state index >= 15 is 0 Å². The molecular formula is C10H16ClNO4. The second-order valence-corrected chi connectivity index (χ2v) is 3.78. The molecule has 6 heteroatoms. The third-order valence-electron chi connectivity index (χ3n) is 2.35. The molecule has 0 aliphatic carbocycles. The topological polar surface area (TPSA) is 55.8 Å².